The molecule has 107 heavy (non-hydrogen) atoms. The van der Waals surface area contributed by atoms with Crippen LogP contribution in [-0.2, 0) is 65.4 Å². The molecule has 0 saturated carbocycles. The van der Waals surface area contributed by atoms with Gasteiger partial charge in [0.15, 0.2) is 12.2 Å². The largest absolute Gasteiger partial charge is 0.472 e. The standard InChI is InChI=1S/C88H172O17P2/c1-9-81(8)67-59-51-46-47-53-61-69-86(91)99-75-84(105-88(93)71-62-54-44-38-32-26-19-15-14-17-23-29-35-41-49-57-65-79(4)5)77-103-107(96,97)101-73-82(89)72-100-106(94,95)102-76-83(104-87(92)70-63-55-45-39-33-27-21-20-24-30-36-42-50-58-66-80(6)7)74-98-85(90)68-60-52-43-37-31-25-18-13-11-10-12-16-22-28-34-40-48-56-64-78(2)3/h78-84,89H,9-77H2,1-8H3,(H,94,95)(H,96,97)/t81?,82-,83-,84-/m1/s1. The van der Waals surface area contributed by atoms with Crippen molar-refractivity contribution in [3.8, 4) is 0 Å². The zero-order chi connectivity index (χ0) is 78.8. The number of aliphatic hydroxyl groups excluding tert-OH is 1. The third-order valence-electron chi connectivity index (χ3n) is 20.9. The van der Waals surface area contributed by atoms with Gasteiger partial charge in [-0.25, -0.2) is 9.13 Å². The highest BCUT2D eigenvalue weighted by Gasteiger charge is 2.31. The van der Waals surface area contributed by atoms with Crippen LogP contribution in [-0.4, -0.2) is 96.7 Å². The summed E-state index contributed by atoms with van der Waals surface area (Å²) in [5, 5.41) is 10.7. The van der Waals surface area contributed by atoms with Crippen LogP contribution < -0.4 is 0 Å². The molecule has 636 valence electrons. The van der Waals surface area contributed by atoms with E-state index >= 15 is 0 Å². The van der Waals surface area contributed by atoms with Crippen LogP contribution in [0.1, 0.15) is 460 Å². The van der Waals surface area contributed by atoms with Gasteiger partial charge < -0.3 is 33.8 Å². The molecule has 0 radical (unpaired) electrons. The number of carbonyl (C=O) groups excluding carboxylic acids is 4. The third kappa shape index (κ3) is 80.5. The molecule has 6 atom stereocenters. The number of hydrogen-bond acceptors (Lipinski definition) is 15. The average Bonchev–Trinajstić information content (AvgIpc) is 0.900. The van der Waals surface area contributed by atoms with Crippen LogP contribution in [0.2, 0.25) is 0 Å². The van der Waals surface area contributed by atoms with Crippen molar-refractivity contribution >= 4 is 39.5 Å². The van der Waals surface area contributed by atoms with E-state index < -0.39 is 97.5 Å². The van der Waals surface area contributed by atoms with Gasteiger partial charge in [0, 0.05) is 25.7 Å². The summed E-state index contributed by atoms with van der Waals surface area (Å²) in [7, 11) is -9.93. The summed E-state index contributed by atoms with van der Waals surface area (Å²) >= 11 is 0. The first-order chi connectivity index (χ1) is 51.6. The van der Waals surface area contributed by atoms with Gasteiger partial charge in [-0.05, 0) is 49.4 Å². The molecule has 0 aromatic carbocycles. The Balaban J connectivity index is 5.22. The van der Waals surface area contributed by atoms with Gasteiger partial charge in [-0.3, -0.25) is 37.3 Å². The van der Waals surface area contributed by atoms with Crippen molar-refractivity contribution < 1.29 is 80.2 Å². The van der Waals surface area contributed by atoms with E-state index in [0.29, 0.717) is 25.7 Å². The number of esters is 4. The first kappa shape index (κ1) is 105. The first-order valence-corrected chi connectivity index (χ1v) is 48.2. The maximum absolute atomic E-state index is 13.2. The minimum atomic E-state index is -4.97. The van der Waals surface area contributed by atoms with Crippen molar-refractivity contribution in [1.82, 2.24) is 0 Å². The zero-order valence-corrected chi connectivity index (χ0v) is 72.6. The molecule has 0 saturated heterocycles. The van der Waals surface area contributed by atoms with E-state index in [-0.39, 0.29) is 25.7 Å². The number of ether oxygens (including phenoxy) is 4. The molecule has 0 aromatic heterocycles. The highest BCUT2D eigenvalue weighted by atomic mass is 31.2. The molecule has 0 spiro atoms. The van der Waals surface area contributed by atoms with Gasteiger partial charge in [-0.15, -0.1) is 0 Å². The van der Waals surface area contributed by atoms with Gasteiger partial charge in [-0.2, -0.15) is 0 Å². The van der Waals surface area contributed by atoms with Crippen molar-refractivity contribution in [3.05, 3.63) is 0 Å². The van der Waals surface area contributed by atoms with Gasteiger partial charge in [0.2, 0.25) is 0 Å². The predicted octanol–water partition coefficient (Wildman–Crippen LogP) is 26.7. The monoisotopic (exact) mass is 1560 g/mol. The molecule has 0 bridgehead atoms. The Morgan fingerprint density at radius 1 is 0.262 bits per heavy atom. The lowest BCUT2D eigenvalue weighted by molar-refractivity contribution is -0.161. The van der Waals surface area contributed by atoms with Crippen LogP contribution in [0.4, 0.5) is 0 Å². The fourth-order valence-corrected chi connectivity index (χ4v) is 15.2. The lowest BCUT2D eigenvalue weighted by Crippen LogP contribution is -2.30. The Bertz CT molecular complexity index is 2080. The first-order valence-electron chi connectivity index (χ1n) is 45.2. The summed E-state index contributed by atoms with van der Waals surface area (Å²) in [6.45, 7) is 14.3. The number of hydrogen-bond donors (Lipinski definition) is 3. The highest BCUT2D eigenvalue weighted by molar-refractivity contribution is 7.47. The fourth-order valence-electron chi connectivity index (χ4n) is 13.6. The zero-order valence-electron chi connectivity index (χ0n) is 70.8. The minimum absolute atomic E-state index is 0.107. The quantitative estimate of drug-likeness (QED) is 0.0222. The van der Waals surface area contributed by atoms with Gasteiger partial charge in [0.05, 0.1) is 26.4 Å². The van der Waals surface area contributed by atoms with Gasteiger partial charge in [0.25, 0.3) is 0 Å². The molecule has 0 aliphatic rings. The molecule has 0 amide bonds. The number of phosphoric acid groups is 2. The molecule has 3 N–H and O–H groups in total. The van der Waals surface area contributed by atoms with E-state index in [1.54, 1.807) is 0 Å². The van der Waals surface area contributed by atoms with Crippen molar-refractivity contribution in [3.63, 3.8) is 0 Å². The molecule has 0 aliphatic heterocycles. The second-order valence-electron chi connectivity index (χ2n) is 33.3. The molecule has 3 unspecified atom stereocenters. The van der Waals surface area contributed by atoms with Crippen LogP contribution in [0.5, 0.6) is 0 Å². The Labute approximate surface area is 658 Å². The number of unbranched alkanes of at least 4 members (excludes halogenated alkanes) is 50. The number of aliphatic hydroxyl groups is 1. The molecule has 0 heterocycles. The van der Waals surface area contributed by atoms with Crippen molar-refractivity contribution in [2.75, 3.05) is 39.6 Å². The van der Waals surface area contributed by atoms with Crippen LogP contribution >= 0.6 is 15.6 Å². The topological polar surface area (TPSA) is 237 Å². The van der Waals surface area contributed by atoms with E-state index in [1.807, 2.05) is 0 Å². The number of carbonyl (C=O) groups is 4. The van der Waals surface area contributed by atoms with Gasteiger partial charge in [0.1, 0.15) is 19.3 Å². The average molecular weight is 1560 g/mol. The molecule has 19 heteroatoms. The summed E-state index contributed by atoms with van der Waals surface area (Å²) in [6, 6.07) is 0. The van der Waals surface area contributed by atoms with Crippen molar-refractivity contribution in [2.24, 2.45) is 23.7 Å². The van der Waals surface area contributed by atoms with Crippen LogP contribution in [0.25, 0.3) is 0 Å². The van der Waals surface area contributed by atoms with E-state index in [1.165, 1.54) is 257 Å². The molecular weight excluding hydrogens is 1390 g/mol. The molecule has 0 aromatic rings. The number of phosphoric ester groups is 2. The van der Waals surface area contributed by atoms with Gasteiger partial charge >= 0.3 is 39.5 Å². The van der Waals surface area contributed by atoms with E-state index in [0.717, 1.165) is 120 Å². The second kappa shape index (κ2) is 76.7. The van der Waals surface area contributed by atoms with E-state index in [4.69, 9.17) is 37.0 Å². The molecule has 0 fully saturated rings. The number of rotatable bonds is 85. The second-order valence-corrected chi connectivity index (χ2v) is 36.2. The maximum Gasteiger partial charge on any atom is 0.472 e. The van der Waals surface area contributed by atoms with Gasteiger partial charge in [-0.1, -0.05) is 409 Å². The lowest BCUT2D eigenvalue weighted by atomic mass is 10.00. The lowest BCUT2D eigenvalue weighted by Gasteiger charge is -2.21. The summed E-state index contributed by atoms with van der Waals surface area (Å²) < 4.78 is 68.9. The summed E-state index contributed by atoms with van der Waals surface area (Å²) in [6.07, 6.45) is 66.7. The summed E-state index contributed by atoms with van der Waals surface area (Å²) in [4.78, 5) is 73.3. The predicted molar refractivity (Wildman–Crippen MR) is 441 cm³/mol. The molecule has 17 nitrogen and oxygen atoms in total. The normalized spacial score (nSPS) is 14.1. The highest BCUT2D eigenvalue weighted by Crippen LogP contribution is 2.45. The molecule has 0 aliphatic carbocycles. The Hall–Kier alpha value is -1.94. The van der Waals surface area contributed by atoms with Crippen LogP contribution in [0, 0.1) is 23.7 Å². The van der Waals surface area contributed by atoms with Crippen molar-refractivity contribution in [1.29, 1.82) is 0 Å². The maximum atomic E-state index is 13.2. The summed E-state index contributed by atoms with van der Waals surface area (Å²) in [5.41, 5.74) is 0. The smallest absolute Gasteiger partial charge is 0.462 e. The van der Waals surface area contributed by atoms with Crippen LogP contribution in [0.15, 0.2) is 0 Å². The van der Waals surface area contributed by atoms with Crippen LogP contribution in [0.3, 0.4) is 0 Å². The Morgan fingerprint density at radius 2 is 0.449 bits per heavy atom. The third-order valence-corrected chi connectivity index (χ3v) is 22.8. The van der Waals surface area contributed by atoms with Crippen molar-refractivity contribution in [2.45, 2.75) is 478 Å². The Kier molecular flexibility index (Phi) is 75.3. The van der Waals surface area contributed by atoms with E-state index in [9.17, 15) is 43.2 Å². The molecule has 0 rings (SSSR count). The SMILES string of the molecule is CCC(C)CCCCCCCCC(=O)OC[C@H](COP(=O)(O)OC[C@H](O)COP(=O)(O)OC[C@@H](COC(=O)CCCCCCCCCCCCCCCCCCCCC(C)C)OC(=O)CCCCCCCCCCCCCCCCC(C)C)OC(=O)CCCCCCCCCCCCCCCCCCC(C)C. The Morgan fingerprint density at radius 3 is 0.664 bits per heavy atom. The molecular formula is C88H172O17P2. The summed E-state index contributed by atoms with van der Waals surface area (Å²) in [5.74, 6) is 1.05. The van der Waals surface area contributed by atoms with E-state index in [2.05, 4.69) is 55.4 Å². The fraction of sp³-hybridized carbons (Fsp3) is 0.955. The minimum Gasteiger partial charge on any atom is -0.462 e.